The standard InChI is InChI=1S/C81H49N5/c1-3-18-55(19-4-1)83-73-30-13-9-24-61(73)66-44-50(34-38-77(66)83)52-36-40-79-68(46-52)63-26-11-15-32-75(63)85(79)57-42-54(72-49-70-60-23-8-7-22-59(60)65-28-17-29-71(82-72)81(65)70)43-58(48-57)86-76-33-16-12-27-64(76)69-47-53(37-41-80(69)86)51-35-39-78-67(45-51)62-25-10-14-31-74(62)84(78)56-20-5-2-6-21-56/h1-49H. The van der Waals surface area contributed by atoms with Crippen molar-refractivity contribution in [2.45, 2.75) is 0 Å². The first-order valence-electron chi connectivity index (χ1n) is 29.6. The SMILES string of the molecule is c1ccc(-n2c3ccccc3c3cc(-c4ccc5c(c4)c4ccccc4n5-c4cc(-c5cc6c7c(cccc7n5)-c5ccccc5-6)cc(-n5c6ccccc6c6cc(-c7ccc8c(c7)c7ccccc7n8-c7ccccc7)ccc65)c4)ccc32)cc1. The van der Waals surface area contributed by atoms with E-state index in [0.29, 0.717) is 0 Å². The van der Waals surface area contributed by atoms with Crippen LogP contribution in [0.4, 0.5) is 0 Å². The maximum Gasteiger partial charge on any atom is 0.0722 e. The summed E-state index contributed by atoms with van der Waals surface area (Å²) in [5.41, 5.74) is 26.4. The quantitative estimate of drug-likeness (QED) is 0.157. The molecule has 0 bridgehead atoms. The third kappa shape index (κ3) is 6.79. The van der Waals surface area contributed by atoms with E-state index in [4.69, 9.17) is 4.98 Å². The lowest BCUT2D eigenvalue weighted by Crippen LogP contribution is -2.01. The number of fused-ring (bicyclic) bond motifs is 15. The van der Waals surface area contributed by atoms with E-state index in [1.807, 2.05) is 0 Å². The van der Waals surface area contributed by atoms with Crippen molar-refractivity contribution in [1.29, 1.82) is 0 Å². The minimum atomic E-state index is 0.934. The predicted octanol–water partition coefficient (Wildman–Crippen LogP) is 21.3. The highest BCUT2D eigenvalue weighted by atomic mass is 15.0. The van der Waals surface area contributed by atoms with Gasteiger partial charge in [0.25, 0.3) is 0 Å². The van der Waals surface area contributed by atoms with Gasteiger partial charge in [-0.2, -0.15) is 0 Å². The summed E-state index contributed by atoms with van der Waals surface area (Å²) in [6, 6.07) is 110. The fourth-order valence-electron chi connectivity index (χ4n) is 14.7. The molecule has 0 saturated carbocycles. The molecule has 0 radical (unpaired) electrons. The minimum Gasteiger partial charge on any atom is -0.309 e. The Balaban J connectivity index is 0.813. The number of hydrogen-bond donors (Lipinski definition) is 0. The van der Waals surface area contributed by atoms with Gasteiger partial charge in [0, 0.05) is 76.8 Å². The van der Waals surface area contributed by atoms with Crippen LogP contribution >= 0.6 is 0 Å². The molecule has 0 N–H and O–H groups in total. The van der Waals surface area contributed by atoms with Crippen molar-refractivity contribution in [3.63, 3.8) is 0 Å². The van der Waals surface area contributed by atoms with Crippen molar-refractivity contribution in [2.24, 2.45) is 0 Å². The Hall–Kier alpha value is -11.5. The fraction of sp³-hybridized carbons (Fsp3) is 0. The Morgan fingerprint density at radius 1 is 0.198 bits per heavy atom. The van der Waals surface area contributed by atoms with Gasteiger partial charge < -0.3 is 18.3 Å². The van der Waals surface area contributed by atoms with Crippen molar-refractivity contribution < 1.29 is 0 Å². The molecule has 0 atom stereocenters. The van der Waals surface area contributed by atoms with E-state index in [0.717, 1.165) is 61.6 Å². The second-order valence-corrected chi connectivity index (χ2v) is 23.0. The monoisotopic (exact) mass is 1090 g/mol. The summed E-state index contributed by atoms with van der Waals surface area (Å²) in [6.45, 7) is 0. The van der Waals surface area contributed by atoms with Crippen LogP contribution in [0.25, 0.3) is 177 Å². The van der Waals surface area contributed by atoms with Crippen molar-refractivity contribution in [3.8, 4) is 78.5 Å². The predicted molar refractivity (Wildman–Crippen MR) is 360 cm³/mol. The average Bonchev–Trinajstić information content (AvgIpc) is 3.28. The second kappa shape index (κ2) is 18.0. The third-order valence-electron chi connectivity index (χ3n) is 18.4. The van der Waals surface area contributed by atoms with E-state index in [1.54, 1.807) is 0 Å². The zero-order chi connectivity index (χ0) is 56.1. The maximum absolute atomic E-state index is 5.57. The van der Waals surface area contributed by atoms with Crippen LogP contribution in [-0.4, -0.2) is 23.3 Å². The van der Waals surface area contributed by atoms with Crippen molar-refractivity contribution in [2.75, 3.05) is 0 Å². The highest BCUT2D eigenvalue weighted by Gasteiger charge is 2.25. The van der Waals surface area contributed by atoms with Crippen LogP contribution in [0.2, 0.25) is 0 Å². The summed E-state index contributed by atoms with van der Waals surface area (Å²) >= 11 is 0. The number of hydrogen-bond acceptors (Lipinski definition) is 1. The number of nitrogens with zero attached hydrogens (tertiary/aromatic N) is 5. The lowest BCUT2D eigenvalue weighted by atomic mass is 10.0. The van der Waals surface area contributed by atoms with Gasteiger partial charge >= 0.3 is 0 Å². The van der Waals surface area contributed by atoms with Crippen LogP contribution in [0.5, 0.6) is 0 Å². The first-order chi connectivity index (χ1) is 42.6. The van der Waals surface area contributed by atoms with Crippen LogP contribution < -0.4 is 0 Å². The molecule has 0 unspecified atom stereocenters. The van der Waals surface area contributed by atoms with Crippen LogP contribution in [0.15, 0.2) is 297 Å². The van der Waals surface area contributed by atoms with Crippen LogP contribution in [-0.2, 0) is 0 Å². The van der Waals surface area contributed by atoms with E-state index in [-0.39, 0.29) is 0 Å². The summed E-state index contributed by atoms with van der Waals surface area (Å²) in [5, 5.41) is 11.0. The number of benzene rings is 13. The molecule has 398 valence electrons. The summed E-state index contributed by atoms with van der Waals surface area (Å²) < 4.78 is 9.72. The first kappa shape index (κ1) is 47.0. The van der Waals surface area contributed by atoms with Crippen LogP contribution in [0.1, 0.15) is 0 Å². The molecule has 5 nitrogen and oxygen atoms in total. The third-order valence-corrected chi connectivity index (χ3v) is 18.4. The van der Waals surface area contributed by atoms with Crippen LogP contribution in [0.3, 0.4) is 0 Å². The van der Waals surface area contributed by atoms with Gasteiger partial charge in [-0.3, -0.25) is 0 Å². The van der Waals surface area contributed by atoms with Gasteiger partial charge in [0.05, 0.1) is 55.3 Å². The number of aromatic nitrogens is 5. The molecule has 0 saturated heterocycles. The number of para-hydroxylation sites is 6. The first-order valence-corrected chi connectivity index (χ1v) is 29.6. The molecular formula is C81H49N5. The summed E-state index contributed by atoms with van der Waals surface area (Å²) in [6.07, 6.45) is 0. The Morgan fingerprint density at radius 3 is 0.953 bits per heavy atom. The van der Waals surface area contributed by atoms with E-state index < -0.39 is 0 Å². The van der Waals surface area contributed by atoms with Gasteiger partial charge in [0.15, 0.2) is 0 Å². The van der Waals surface area contributed by atoms with E-state index in [9.17, 15) is 0 Å². The topological polar surface area (TPSA) is 32.6 Å². The summed E-state index contributed by atoms with van der Waals surface area (Å²) in [5.74, 6) is 0. The van der Waals surface area contributed by atoms with Gasteiger partial charge in [-0.1, -0.05) is 170 Å². The molecule has 0 aliphatic heterocycles. The van der Waals surface area contributed by atoms with E-state index in [2.05, 4.69) is 316 Å². The summed E-state index contributed by atoms with van der Waals surface area (Å²) in [7, 11) is 0. The Labute approximate surface area is 494 Å². The largest absolute Gasteiger partial charge is 0.309 e. The van der Waals surface area contributed by atoms with Crippen molar-refractivity contribution >= 4 is 98.1 Å². The lowest BCUT2D eigenvalue weighted by Gasteiger charge is -2.16. The molecule has 0 fully saturated rings. The number of rotatable bonds is 7. The highest BCUT2D eigenvalue weighted by molar-refractivity contribution is 6.17. The highest BCUT2D eigenvalue weighted by Crippen LogP contribution is 2.49. The van der Waals surface area contributed by atoms with Gasteiger partial charge in [-0.05, 0) is 172 Å². The van der Waals surface area contributed by atoms with E-state index >= 15 is 0 Å². The molecule has 5 heteroatoms. The average molecular weight is 1090 g/mol. The normalized spacial score (nSPS) is 12.2. The minimum absolute atomic E-state index is 0.934. The van der Waals surface area contributed by atoms with Gasteiger partial charge in [-0.25, -0.2) is 4.98 Å². The molecular weight excluding hydrogens is 1040 g/mol. The molecule has 1 aliphatic rings. The maximum atomic E-state index is 5.57. The van der Waals surface area contributed by atoms with Gasteiger partial charge in [-0.15, -0.1) is 0 Å². The van der Waals surface area contributed by atoms with E-state index in [1.165, 1.54) is 115 Å². The van der Waals surface area contributed by atoms with Crippen molar-refractivity contribution in [3.05, 3.63) is 297 Å². The molecule has 0 spiro atoms. The Kier molecular flexibility index (Phi) is 9.83. The zero-order valence-corrected chi connectivity index (χ0v) is 46.5. The molecule has 5 aromatic heterocycles. The van der Waals surface area contributed by atoms with Crippen LogP contribution in [0, 0.1) is 0 Å². The molecule has 86 heavy (non-hydrogen) atoms. The molecule has 18 aromatic rings. The van der Waals surface area contributed by atoms with Crippen molar-refractivity contribution in [1.82, 2.24) is 23.3 Å². The molecule has 19 rings (SSSR count). The Morgan fingerprint density at radius 2 is 0.535 bits per heavy atom. The summed E-state index contributed by atoms with van der Waals surface area (Å²) in [4.78, 5) is 5.57. The fourth-order valence-corrected chi connectivity index (χ4v) is 14.7. The smallest absolute Gasteiger partial charge is 0.0722 e. The van der Waals surface area contributed by atoms with Gasteiger partial charge in [0.1, 0.15) is 0 Å². The second-order valence-electron chi connectivity index (χ2n) is 23.0. The lowest BCUT2D eigenvalue weighted by molar-refractivity contribution is 1.13. The molecule has 1 aliphatic carbocycles. The van der Waals surface area contributed by atoms with Gasteiger partial charge in [0.2, 0.25) is 0 Å². The number of pyridine rings is 1. The molecule has 0 amide bonds. The molecule has 5 heterocycles. The zero-order valence-electron chi connectivity index (χ0n) is 46.5. The Bertz CT molecular complexity index is 5600. The molecule has 13 aromatic carbocycles.